The van der Waals surface area contributed by atoms with Crippen molar-refractivity contribution in [3.8, 4) is 17.6 Å². The van der Waals surface area contributed by atoms with Crippen LogP contribution in [-0.2, 0) is 0 Å². The molecular weight excluding hydrogens is 174 g/mol. The second-order valence-electron chi connectivity index (χ2n) is 2.93. The lowest BCUT2D eigenvalue weighted by Gasteiger charge is -1.98. The third-order valence-electron chi connectivity index (χ3n) is 1.81. The van der Waals surface area contributed by atoms with Gasteiger partial charge in [-0.3, -0.25) is 0 Å². The number of methoxy groups -OCH3 is 1. The van der Waals surface area contributed by atoms with Crippen molar-refractivity contribution >= 4 is 0 Å². The molecule has 0 fully saturated rings. The topological polar surface area (TPSA) is 35.2 Å². The van der Waals surface area contributed by atoms with Crippen LogP contribution in [0.4, 0.5) is 0 Å². The molecule has 1 rings (SSSR count). The van der Waals surface area contributed by atoms with E-state index in [2.05, 4.69) is 11.8 Å². The van der Waals surface area contributed by atoms with E-state index in [0.717, 1.165) is 24.2 Å². The van der Waals surface area contributed by atoms with E-state index >= 15 is 0 Å². The van der Waals surface area contributed by atoms with E-state index in [4.69, 9.17) is 10.5 Å². The lowest BCUT2D eigenvalue weighted by Crippen LogP contribution is -1.96. The molecule has 2 nitrogen and oxygen atoms in total. The molecule has 74 valence electrons. The minimum atomic E-state index is 0.701. The average molecular weight is 189 g/mol. The van der Waals surface area contributed by atoms with Crippen molar-refractivity contribution in [1.82, 2.24) is 0 Å². The van der Waals surface area contributed by atoms with Gasteiger partial charge in [-0.1, -0.05) is 17.9 Å². The molecule has 0 aliphatic heterocycles. The summed E-state index contributed by atoms with van der Waals surface area (Å²) in [5.74, 6) is 6.98. The predicted molar refractivity (Wildman–Crippen MR) is 58.2 cm³/mol. The van der Waals surface area contributed by atoms with Crippen LogP contribution < -0.4 is 10.5 Å². The monoisotopic (exact) mass is 189 g/mol. The van der Waals surface area contributed by atoms with Crippen LogP contribution in [0, 0.1) is 11.8 Å². The summed E-state index contributed by atoms with van der Waals surface area (Å²) in [6.45, 7) is 0.701. The zero-order valence-electron chi connectivity index (χ0n) is 8.42. The minimum Gasteiger partial charge on any atom is -0.497 e. The molecule has 14 heavy (non-hydrogen) atoms. The zero-order chi connectivity index (χ0) is 10.2. The Morgan fingerprint density at radius 1 is 1.43 bits per heavy atom. The predicted octanol–water partition coefficient (Wildman–Crippen LogP) is 1.79. The molecule has 0 bridgehead atoms. The van der Waals surface area contributed by atoms with Crippen molar-refractivity contribution in [2.75, 3.05) is 13.7 Å². The molecule has 1 aromatic carbocycles. The van der Waals surface area contributed by atoms with Gasteiger partial charge >= 0.3 is 0 Å². The molecule has 1 aromatic rings. The Bertz CT molecular complexity index is 336. The van der Waals surface area contributed by atoms with Gasteiger partial charge in [0.05, 0.1) is 7.11 Å². The van der Waals surface area contributed by atoms with Gasteiger partial charge in [0, 0.05) is 12.0 Å². The van der Waals surface area contributed by atoms with Crippen LogP contribution in [-0.4, -0.2) is 13.7 Å². The molecule has 0 aliphatic carbocycles. The van der Waals surface area contributed by atoms with E-state index in [1.807, 2.05) is 24.3 Å². The van der Waals surface area contributed by atoms with Crippen molar-refractivity contribution in [1.29, 1.82) is 0 Å². The Hall–Kier alpha value is -1.46. The lowest BCUT2D eigenvalue weighted by atomic mass is 10.2. The number of rotatable bonds is 3. The first-order valence-corrected chi connectivity index (χ1v) is 4.70. The SMILES string of the molecule is COc1cccc(C#CCCCN)c1. The normalized spacial score (nSPS) is 9.00. The van der Waals surface area contributed by atoms with E-state index in [1.54, 1.807) is 7.11 Å². The third kappa shape index (κ3) is 3.51. The summed E-state index contributed by atoms with van der Waals surface area (Å²) in [5, 5.41) is 0. The Morgan fingerprint density at radius 3 is 3.00 bits per heavy atom. The quantitative estimate of drug-likeness (QED) is 0.581. The Morgan fingerprint density at radius 2 is 2.29 bits per heavy atom. The molecule has 0 unspecified atom stereocenters. The van der Waals surface area contributed by atoms with E-state index in [0.29, 0.717) is 6.54 Å². The summed E-state index contributed by atoms with van der Waals surface area (Å²) in [7, 11) is 1.65. The summed E-state index contributed by atoms with van der Waals surface area (Å²) in [4.78, 5) is 0. The summed E-state index contributed by atoms with van der Waals surface area (Å²) >= 11 is 0. The minimum absolute atomic E-state index is 0.701. The van der Waals surface area contributed by atoms with Gasteiger partial charge in [-0.25, -0.2) is 0 Å². The Balaban J connectivity index is 2.60. The highest BCUT2D eigenvalue weighted by Gasteiger charge is 1.90. The van der Waals surface area contributed by atoms with Crippen LogP contribution in [0.2, 0.25) is 0 Å². The van der Waals surface area contributed by atoms with Gasteiger partial charge in [-0.15, -0.1) is 0 Å². The molecule has 0 spiro atoms. The van der Waals surface area contributed by atoms with E-state index in [9.17, 15) is 0 Å². The van der Waals surface area contributed by atoms with Crippen molar-refractivity contribution < 1.29 is 4.74 Å². The molecule has 0 aromatic heterocycles. The molecule has 0 heterocycles. The van der Waals surface area contributed by atoms with Gasteiger partial charge in [0.25, 0.3) is 0 Å². The average Bonchev–Trinajstić information content (AvgIpc) is 2.25. The second-order valence-corrected chi connectivity index (χ2v) is 2.93. The zero-order valence-corrected chi connectivity index (χ0v) is 8.42. The highest BCUT2D eigenvalue weighted by atomic mass is 16.5. The number of nitrogens with two attached hydrogens (primary N) is 1. The number of hydrogen-bond donors (Lipinski definition) is 1. The second kappa shape index (κ2) is 6.06. The standard InChI is InChI=1S/C12H15NO/c1-14-12-8-5-7-11(10-12)6-3-2-4-9-13/h5,7-8,10H,2,4,9,13H2,1H3. The van der Waals surface area contributed by atoms with Gasteiger partial charge in [-0.05, 0) is 31.2 Å². The number of ether oxygens (including phenoxy) is 1. The van der Waals surface area contributed by atoms with Crippen molar-refractivity contribution in [2.45, 2.75) is 12.8 Å². The van der Waals surface area contributed by atoms with E-state index < -0.39 is 0 Å². The Labute approximate surface area is 85.1 Å². The van der Waals surface area contributed by atoms with Crippen LogP contribution in [0.1, 0.15) is 18.4 Å². The molecule has 0 atom stereocenters. The first kappa shape index (κ1) is 10.6. The van der Waals surface area contributed by atoms with Crippen LogP contribution in [0.15, 0.2) is 24.3 Å². The van der Waals surface area contributed by atoms with Gasteiger partial charge in [0.15, 0.2) is 0 Å². The van der Waals surface area contributed by atoms with Crippen molar-refractivity contribution in [3.63, 3.8) is 0 Å². The summed E-state index contributed by atoms with van der Waals surface area (Å²) in [5.41, 5.74) is 6.35. The molecule has 2 N–H and O–H groups in total. The van der Waals surface area contributed by atoms with E-state index in [-0.39, 0.29) is 0 Å². The fraction of sp³-hybridized carbons (Fsp3) is 0.333. The summed E-state index contributed by atoms with van der Waals surface area (Å²) in [6.07, 6.45) is 1.81. The van der Waals surface area contributed by atoms with Gasteiger partial charge in [-0.2, -0.15) is 0 Å². The summed E-state index contributed by atoms with van der Waals surface area (Å²) < 4.78 is 5.09. The summed E-state index contributed by atoms with van der Waals surface area (Å²) in [6, 6.07) is 7.74. The van der Waals surface area contributed by atoms with E-state index in [1.165, 1.54) is 0 Å². The molecular formula is C12H15NO. The number of hydrogen-bond acceptors (Lipinski definition) is 2. The number of unbranched alkanes of at least 4 members (excludes halogenated alkanes) is 1. The molecule has 0 saturated heterocycles. The van der Waals surface area contributed by atoms with Crippen LogP contribution >= 0.6 is 0 Å². The first-order valence-electron chi connectivity index (χ1n) is 4.70. The van der Waals surface area contributed by atoms with Crippen molar-refractivity contribution in [2.24, 2.45) is 5.73 Å². The number of benzene rings is 1. The van der Waals surface area contributed by atoms with Crippen molar-refractivity contribution in [3.05, 3.63) is 29.8 Å². The van der Waals surface area contributed by atoms with Crippen LogP contribution in [0.5, 0.6) is 5.75 Å². The fourth-order valence-electron chi connectivity index (χ4n) is 1.06. The fourth-order valence-corrected chi connectivity index (χ4v) is 1.06. The third-order valence-corrected chi connectivity index (χ3v) is 1.81. The maximum absolute atomic E-state index is 5.37. The maximum atomic E-state index is 5.37. The molecule has 0 radical (unpaired) electrons. The highest BCUT2D eigenvalue weighted by Crippen LogP contribution is 2.11. The first-order chi connectivity index (χ1) is 6.86. The molecule has 0 aliphatic rings. The molecule has 0 amide bonds. The van der Waals surface area contributed by atoms with Crippen LogP contribution in [0.3, 0.4) is 0 Å². The highest BCUT2D eigenvalue weighted by molar-refractivity contribution is 5.39. The smallest absolute Gasteiger partial charge is 0.120 e. The van der Waals surface area contributed by atoms with Gasteiger partial charge in [0.2, 0.25) is 0 Å². The largest absolute Gasteiger partial charge is 0.497 e. The van der Waals surface area contributed by atoms with Gasteiger partial charge < -0.3 is 10.5 Å². The lowest BCUT2D eigenvalue weighted by molar-refractivity contribution is 0.414. The molecule has 0 saturated carbocycles. The van der Waals surface area contributed by atoms with Crippen LogP contribution in [0.25, 0.3) is 0 Å². The molecule has 2 heteroatoms. The maximum Gasteiger partial charge on any atom is 0.120 e. The Kier molecular flexibility index (Phi) is 4.60. The van der Waals surface area contributed by atoms with Gasteiger partial charge in [0.1, 0.15) is 5.75 Å².